The van der Waals surface area contributed by atoms with E-state index in [9.17, 15) is 18.0 Å². The Morgan fingerprint density at radius 1 is 1.10 bits per heavy atom. The van der Waals surface area contributed by atoms with E-state index in [1.54, 1.807) is 6.20 Å². The first-order valence-electron chi connectivity index (χ1n) is 10.3. The van der Waals surface area contributed by atoms with E-state index in [2.05, 4.69) is 19.9 Å². The van der Waals surface area contributed by atoms with Gasteiger partial charge in [-0.3, -0.25) is 19.1 Å². The lowest BCUT2D eigenvalue weighted by Gasteiger charge is -2.38. The number of ether oxygens (including phenoxy) is 1. The van der Waals surface area contributed by atoms with Crippen LogP contribution in [0.4, 0.5) is 13.2 Å². The van der Waals surface area contributed by atoms with Crippen LogP contribution in [0.15, 0.2) is 35.5 Å². The van der Waals surface area contributed by atoms with Gasteiger partial charge in [0.1, 0.15) is 11.3 Å². The largest absolute Gasteiger partial charge is 0.417 e. The highest BCUT2D eigenvalue weighted by molar-refractivity contribution is 5.44. The molecule has 0 radical (unpaired) electrons. The summed E-state index contributed by atoms with van der Waals surface area (Å²) in [5.41, 5.74) is 1.05. The number of rotatable bonds is 4. The molecule has 2 aliphatic rings. The monoisotopic (exact) mass is 433 g/mol. The Kier molecular flexibility index (Phi) is 5.05. The second kappa shape index (κ2) is 7.76. The third kappa shape index (κ3) is 3.97. The highest BCUT2D eigenvalue weighted by Gasteiger charge is 2.33. The SMILES string of the molecule is O=c1[nH]c(CN2CC(c3ccc(C(F)(F)F)cn3)C2)cn2c(C3CCOCC3)ncc12. The molecule has 0 amide bonds. The molecule has 0 saturated carbocycles. The molecule has 164 valence electrons. The number of nitrogens with one attached hydrogen (secondary N) is 1. The number of likely N-dealkylation sites (tertiary alicyclic amines) is 1. The lowest BCUT2D eigenvalue weighted by atomic mass is 9.95. The maximum Gasteiger partial charge on any atom is 0.417 e. The number of alkyl halides is 3. The summed E-state index contributed by atoms with van der Waals surface area (Å²) in [5.74, 6) is 1.25. The first-order valence-corrected chi connectivity index (χ1v) is 10.3. The second-order valence-electron chi connectivity index (χ2n) is 8.23. The highest BCUT2D eigenvalue weighted by Crippen LogP contribution is 2.31. The average molecular weight is 433 g/mol. The molecule has 3 aromatic heterocycles. The molecular formula is C21H22F3N5O2. The normalized spacial score (nSPS) is 19.1. The van der Waals surface area contributed by atoms with Gasteiger partial charge in [-0.1, -0.05) is 0 Å². The van der Waals surface area contributed by atoms with Crippen LogP contribution in [0.3, 0.4) is 0 Å². The standard InChI is InChI=1S/C21H22F3N5O2/c22-21(23,24)15-1-2-17(25-7-15)14-9-28(10-14)11-16-12-29-18(20(30)27-16)8-26-19(29)13-3-5-31-6-4-13/h1-2,7-8,12-14H,3-6,9-11H2,(H,27,30). The molecule has 10 heteroatoms. The minimum absolute atomic E-state index is 0.0868. The smallest absolute Gasteiger partial charge is 0.381 e. The molecule has 5 heterocycles. The van der Waals surface area contributed by atoms with Gasteiger partial charge in [0.15, 0.2) is 0 Å². The number of aromatic amines is 1. The molecule has 2 aliphatic heterocycles. The van der Waals surface area contributed by atoms with Crippen molar-refractivity contribution in [2.24, 2.45) is 0 Å². The van der Waals surface area contributed by atoms with Gasteiger partial charge in [0.05, 0.1) is 11.8 Å². The second-order valence-corrected chi connectivity index (χ2v) is 8.23. The molecule has 0 aromatic carbocycles. The van der Waals surface area contributed by atoms with Crippen molar-refractivity contribution in [2.75, 3.05) is 26.3 Å². The molecular weight excluding hydrogens is 411 g/mol. The zero-order chi connectivity index (χ0) is 21.6. The Hall–Kier alpha value is -2.72. The van der Waals surface area contributed by atoms with Crippen LogP contribution in [0.5, 0.6) is 0 Å². The van der Waals surface area contributed by atoms with Gasteiger partial charge in [0.25, 0.3) is 5.56 Å². The van der Waals surface area contributed by atoms with Gasteiger partial charge >= 0.3 is 6.18 Å². The third-order valence-corrected chi connectivity index (χ3v) is 6.09. The number of halogens is 3. The number of H-pyrrole nitrogens is 1. The van der Waals surface area contributed by atoms with E-state index in [0.29, 0.717) is 44.1 Å². The minimum Gasteiger partial charge on any atom is -0.381 e. The molecule has 2 saturated heterocycles. The number of imidazole rings is 1. The van der Waals surface area contributed by atoms with Crippen LogP contribution in [0, 0.1) is 0 Å². The fraction of sp³-hybridized carbons (Fsp3) is 0.476. The fourth-order valence-corrected chi connectivity index (χ4v) is 4.36. The molecule has 3 aromatic rings. The molecule has 31 heavy (non-hydrogen) atoms. The van der Waals surface area contributed by atoms with Gasteiger partial charge in [-0.25, -0.2) is 4.98 Å². The predicted octanol–water partition coefficient (Wildman–Crippen LogP) is 2.93. The highest BCUT2D eigenvalue weighted by atomic mass is 19.4. The van der Waals surface area contributed by atoms with E-state index in [1.165, 1.54) is 6.07 Å². The summed E-state index contributed by atoms with van der Waals surface area (Å²) in [6.07, 6.45) is 1.82. The molecule has 0 aliphatic carbocycles. The summed E-state index contributed by atoms with van der Waals surface area (Å²) in [5, 5.41) is 0. The lowest BCUT2D eigenvalue weighted by Crippen LogP contribution is -2.45. The van der Waals surface area contributed by atoms with E-state index < -0.39 is 11.7 Å². The number of hydrogen-bond acceptors (Lipinski definition) is 5. The van der Waals surface area contributed by atoms with Crippen LogP contribution >= 0.6 is 0 Å². The molecule has 7 nitrogen and oxygen atoms in total. The summed E-state index contributed by atoms with van der Waals surface area (Å²) in [6.45, 7) is 3.30. The van der Waals surface area contributed by atoms with Crippen molar-refractivity contribution in [2.45, 2.75) is 37.4 Å². The summed E-state index contributed by atoms with van der Waals surface area (Å²) >= 11 is 0. The van der Waals surface area contributed by atoms with Crippen LogP contribution < -0.4 is 5.56 Å². The Balaban J connectivity index is 1.28. The van der Waals surface area contributed by atoms with E-state index in [0.717, 1.165) is 36.6 Å². The van der Waals surface area contributed by atoms with E-state index >= 15 is 0 Å². The van der Waals surface area contributed by atoms with Crippen LogP contribution in [-0.4, -0.2) is 50.6 Å². The summed E-state index contributed by atoms with van der Waals surface area (Å²) in [6, 6.07) is 2.53. The van der Waals surface area contributed by atoms with Crippen molar-refractivity contribution in [3.8, 4) is 0 Å². The zero-order valence-electron chi connectivity index (χ0n) is 16.7. The maximum atomic E-state index is 12.7. The van der Waals surface area contributed by atoms with Gasteiger partial charge in [0.2, 0.25) is 0 Å². The Bertz CT molecular complexity index is 1130. The van der Waals surface area contributed by atoms with Gasteiger partial charge in [-0.15, -0.1) is 0 Å². The van der Waals surface area contributed by atoms with E-state index in [1.807, 2.05) is 10.6 Å². The van der Waals surface area contributed by atoms with E-state index in [-0.39, 0.29) is 17.4 Å². The van der Waals surface area contributed by atoms with Crippen molar-refractivity contribution in [3.63, 3.8) is 0 Å². The van der Waals surface area contributed by atoms with Gasteiger partial charge in [-0.2, -0.15) is 13.2 Å². The van der Waals surface area contributed by atoms with Gasteiger partial charge in [-0.05, 0) is 25.0 Å². The van der Waals surface area contributed by atoms with Crippen molar-refractivity contribution in [1.29, 1.82) is 0 Å². The predicted molar refractivity (Wildman–Crippen MR) is 106 cm³/mol. The summed E-state index contributed by atoms with van der Waals surface area (Å²) < 4.78 is 45.4. The van der Waals surface area contributed by atoms with Crippen molar-refractivity contribution in [1.82, 2.24) is 24.3 Å². The number of hydrogen-bond donors (Lipinski definition) is 1. The molecule has 0 atom stereocenters. The average Bonchev–Trinajstić information content (AvgIpc) is 3.15. The maximum absolute atomic E-state index is 12.7. The Labute approximate surface area is 175 Å². The third-order valence-electron chi connectivity index (χ3n) is 6.09. The lowest BCUT2D eigenvalue weighted by molar-refractivity contribution is -0.137. The quantitative estimate of drug-likeness (QED) is 0.685. The van der Waals surface area contributed by atoms with Crippen LogP contribution in [0.2, 0.25) is 0 Å². The first-order chi connectivity index (χ1) is 14.9. The van der Waals surface area contributed by atoms with Crippen molar-refractivity contribution in [3.05, 3.63) is 63.9 Å². The van der Waals surface area contributed by atoms with Gasteiger partial charge < -0.3 is 9.72 Å². The molecule has 1 N–H and O–H groups in total. The number of aromatic nitrogens is 4. The molecule has 0 spiro atoms. The van der Waals surface area contributed by atoms with Crippen molar-refractivity contribution >= 4 is 5.52 Å². The Morgan fingerprint density at radius 2 is 1.87 bits per heavy atom. The number of fused-ring (bicyclic) bond motifs is 1. The molecule has 5 rings (SSSR count). The van der Waals surface area contributed by atoms with Crippen LogP contribution in [0.1, 0.15) is 47.5 Å². The summed E-state index contributed by atoms with van der Waals surface area (Å²) in [7, 11) is 0. The fourth-order valence-electron chi connectivity index (χ4n) is 4.36. The Morgan fingerprint density at radius 3 is 2.55 bits per heavy atom. The van der Waals surface area contributed by atoms with Crippen molar-refractivity contribution < 1.29 is 17.9 Å². The minimum atomic E-state index is -4.38. The topological polar surface area (TPSA) is 75.5 Å². The molecule has 2 fully saturated rings. The summed E-state index contributed by atoms with van der Waals surface area (Å²) in [4.78, 5) is 26.1. The van der Waals surface area contributed by atoms with Gasteiger partial charge in [0, 0.05) is 68.5 Å². The number of pyridine rings is 1. The van der Waals surface area contributed by atoms with Crippen LogP contribution in [-0.2, 0) is 17.5 Å². The molecule has 0 unspecified atom stereocenters. The first kappa shape index (κ1) is 20.2. The van der Waals surface area contributed by atoms with Crippen LogP contribution in [0.25, 0.3) is 5.52 Å². The zero-order valence-corrected chi connectivity index (χ0v) is 16.7. The van der Waals surface area contributed by atoms with E-state index in [4.69, 9.17) is 4.74 Å². The number of nitrogens with zero attached hydrogens (tertiary/aromatic N) is 4. The molecule has 0 bridgehead atoms.